The fourth-order valence-electron chi connectivity index (χ4n) is 2.66. The van der Waals surface area contributed by atoms with Crippen LogP contribution in [0.3, 0.4) is 0 Å². The molecule has 0 bridgehead atoms. The summed E-state index contributed by atoms with van der Waals surface area (Å²) in [5, 5.41) is 12.0. The summed E-state index contributed by atoms with van der Waals surface area (Å²) >= 11 is 0. The molecule has 0 aromatic heterocycles. The molecule has 4 nitrogen and oxygen atoms in total. The average molecular weight is 261 g/mol. The Balaban J connectivity index is 2.05. The molecule has 0 unspecified atom stereocenters. The van der Waals surface area contributed by atoms with Gasteiger partial charge in [-0.05, 0) is 30.9 Å². The van der Waals surface area contributed by atoms with Gasteiger partial charge in [-0.15, -0.1) is 0 Å². The Morgan fingerprint density at radius 2 is 1.89 bits per heavy atom. The van der Waals surface area contributed by atoms with Crippen LogP contribution in [0.4, 0.5) is 0 Å². The number of carboxylic acid groups (broad SMARTS) is 1. The van der Waals surface area contributed by atoms with Crippen molar-refractivity contribution in [2.45, 2.75) is 44.6 Å². The molecule has 1 aliphatic carbocycles. The largest absolute Gasteiger partial charge is 0.480 e. The van der Waals surface area contributed by atoms with Crippen molar-refractivity contribution < 1.29 is 14.7 Å². The van der Waals surface area contributed by atoms with E-state index in [4.69, 9.17) is 0 Å². The van der Waals surface area contributed by atoms with Gasteiger partial charge in [0.25, 0.3) is 0 Å². The summed E-state index contributed by atoms with van der Waals surface area (Å²) in [5.74, 6) is -1.12. The molecule has 1 amide bonds. The number of hydrogen-bond acceptors (Lipinski definition) is 2. The third-order valence-electron chi connectivity index (χ3n) is 3.86. The predicted molar refractivity (Wildman–Crippen MR) is 71.9 cm³/mol. The summed E-state index contributed by atoms with van der Waals surface area (Å²) in [7, 11) is 0. The number of carbonyl (C=O) groups excluding carboxylic acids is 1. The molecule has 1 fully saturated rings. The number of amides is 1. The van der Waals surface area contributed by atoms with Crippen LogP contribution in [0.25, 0.3) is 0 Å². The molecule has 0 atom stereocenters. The lowest BCUT2D eigenvalue weighted by atomic mass is 9.97. The summed E-state index contributed by atoms with van der Waals surface area (Å²) in [6.45, 7) is 1.95. The van der Waals surface area contributed by atoms with E-state index in [-0.39, 0.29) is 12.3 Å². The number of carboxylic acids is 1. The van der Waals surface area contributed by atoms with Crippen molar-refractivity contribution in [2.75, 3.05) is 0 Å². The Morgan fingerprint density at radius 3 is 2.47 bits per heavy atom. The van der Waals surface area contributed by atoms with Gasteiger partial charge in [0, 0.05) is 0 Å². The Labute approximate surface area is 112 Å². The lowest BCUT2D eigenvalue weighted by Gasteiger charge is -2.25. The van der Waals surface area contributed by atoms with Crippen molar-refractivity contribution in [3.63, 3.8) is 0 Å². The molecule has 1 aromatic rings. The Hall–Kier alpha value is -1.84. The zero-order valence-electron chi connectivity index (χ0n) is 11.1. The Kier molecular flexibility index (Phi) is 3.88. The summed E-state index contributed by atoms with van der Waals surface area (Å²) in [5.41, 5.74) is 0.951. The molecule has 1 aromatic carbocycles. The highest BCUT2D eigenvalue weighted by atomic mass is 16.4. The molecule has 0 spiro atoms. The SMILES string of the molecule is Cc1ccccc1CC(=O)NC1(C(=O)O)CCCC1. The molecule has 1 aliphatic rings. The lowest BCUT2D eigenvalue weighted by Crippen LogP contribution is -2.53. The van der Waals surface area contributed by atoms with Crippen LogP contribution in [0.2, 0.25) is 0 Å². The third-order valence-corrected chi connectivity index (χ3v) is 3.86. The maximum absolute atomic E-state index is 12.1. The minimum Gasteiger partial charge on any atom is -0.480 e. The monoisotopic (exact) mass is 261 g/mol. The molecular weight excluding hydrogens is 242 g/mol. The van der Waals surface area contributed by atoms with Crippen molar-refractivity contribution in [1.29, 1.82) is 0 Å². The number of aryl methyl sites for hydroxylation is 1. The van der Waals surface area contributed by atoms with Crippen molar-refractivity contribution in [3.8, 4) is 0 Å². The molecule has 2 rings (SSSR count). The Bertz CT molecular complexity index is 490. The van der Waals surface area contributed by atoms with Crippen LogP contribution in [0, 0.1) is 6.92 Å². The van der Waals surface area contributed by atoms with Gasteiger partial charge < -0.3 is 10.4 Å². The lowest BCUT2D eigenvalue weighted by molar-refractivity contribution is -0.147. The second-order valence-electron chi connectivity index (χ2n) is 5.25. The fraction of sp³-hybridized carbons (Fsp3) is 0.467. The second kappa shape index (κ2) is 5.43. The van der Waals surface area contributed by atoms with E-state index >= 15 is 0 Å². The van der Waals surface area contributed by atoms with Gasteiger partial charge in [-0.3, -0.25) is 4.79 Å². The highest BCUT2D eigenvalue weighted by molar-refractivity contribution is 5.88. The number of aliphatic carboxylic acids is 1. The van der Waals surface area contributed by atoms with Crippen LogP contribution in [0.5, 0.6) is 0 Å². The molecular formula is C15H19NO3. The first-order valence-corrected chi connectivity index (χ1v) is 6.62. The van der Waals surface area contributed by atoms with Gasteiger partial charge in [-0.1, -0.05) is 37.1 Å². The number of nitrogens with one attached hydrogen (secondary N) is 1. The van der Waals surface area contributed by atoms with Crippen molar-refractivity contribution >= 4 is 11.9 Å². The zero-order valence-corrected chi connectivity index (χ0v) is 11.1. The first kappa shape index (κ1) is 13.6. The standard InChI is InChI=1S/C15H19NO3/c1-11-6-2-3-7-12(11)10-13(17)16-15(14(18)19)8-4-5-9-15/h2-3,6-7H,4-5,8-10H2,1H3,(H,16,17)(H,18,19). The van der Waals surface area contributed by atoms with Crippen LogP contribution in [-0.2, 0) is 16.0 Å². The van der Waals surface area contributed by atoms with Crippen LogP contribution in [-0.4, -0.2) is 22.5 Å². The van der Waals surface area contributed by atoms with Crippen LogP contribution in [0.1, 0.15) is 36.8 Å². The topological polar surface area (TPSA) is 66.4 Å². The smallest absolute Gasteiger partial charge is 0.329 e. The molecule has 102 valence electrons. The van der Waals surface area contributed by atoms with E-state index in [1.165, 1.54) is 0 Å². The first-order chi connectivity index (χ1) is 9.03. The highest BCUT2D eigenvalue weighted by Crippen LogP contribution is 2.30. The van der Waals surface area contributed by atoms with Crippen molar-refractivity contribution in [1.82, 2.24) is 5.32 Å². The van der Waals surface area contributed by atoms with Gasteiger partial charge in [0.2, 0.25) is 5.91 Å². The predicted octanol–water partition coefficient (Wildman–Crippen LogP) is 2.05. The molecule has 0 heterocycles. The van der Waals surface area contributed by atoms with Gasteiger partial charge in [0.05, 0.1) is 6.42 Å². The molecule has 0 radical (unpaired) electrons. The van der Waals surface area contributed by atoms with Gasteiger partial charge in [0.15, 0.2) is 0 Å². The maximum atomic E-state index is 12.1. The molecule has 4 heteroatoms. The number of rotatable bonds is 4. The average Bonchev–Trinajstić information content (AvgIpc) is 2.82. The third kappa shape index (κ3) is 2.95. The van der Waals surface area contributed by atoms with Crippen molar-refractivity contribution in [3.05, 3.63) is 35.4 Å². The summed E-state index contributed by atoms with van der Waals surface area (Å²) < 4.78 is 0. The second-order valence-corrected chi connectivity index (χ2v) is 5.25. The van der Waals surface area contributed by atoms with Crippen molar-refractivity contribution in [2.24, 2.45) is 0 Å². The van der Waals surface area contributed by atoms with E-state index in [0.29, 0.717) is 12.8 Å². The molecule has 19 heavy (non-hydrogen) atoms. The van der Waals surface area contributed by atoms with Crippen LogP contribution < -0.4 is 5.32 Å². The van der Waals surface area contributed by atoms with Gasteiger partial charge in [-0.2, -0.15) is 0 Å². The van der Waals surface area contributed by atoms with Crippen LogP contribution in [0.15, 0.2) is 24.3 Å². The molecule has 0 aliphatic heterocycles. The van der Waals surface area contributed by atoms with E-state index in [0.717, 1.165) is 24.0 Å². The minimum atomic E-state index is -1.04. The van der Waals surface area contributed by atoms with Gasteiger partial charge >= 0.3 is 5.97 Å². The number of benzene rings is 1. The maximum Gasteiger partial charge on any atom is 0.329 e. The fourth-order valence-corrected chi connectivity index (χ4v) is 2.66. The Morgan fingerprint density at radius 1 is 1.26 bits per heavy atom. The first-order valence-electron chi connectivity index (χ1n) is 6.62. The van der Waals surface area contributed by atoms with E-state index in [2.05, 4.69) is 5.32 Å². The van der Waals surface area contributed by atoms with Crippen LogP contribution >= 0.6 is 0 Å². The van der Waals surface area contributed by atoms with E-state index in [9.17, 15) is 14.7 Å². The van der Waals surface area contributed by atoms with Gasteiger partial charge in [-0.25, -0.2) is 4.79 Å². The molecule has 1 saturated carbocycles. The van der Waals surface area contributed by atoms with Gasteiger partial charge in [0.1, 0.15) is 5.54 Å². The quantitative estimate of drug-likeness (QED) is 0.871. The normalized spacial score (nSPS) is 17.1. The van der Waals surface area contributed by atoms with E-state index < -0.39 is 11.5 Å². The number of hydrogen-bond donors (Lipinski definition) is 2. The van der Waals surface area contributed by atoms with E-state index in [1.54, 1.807) is 0 Å². The summed E-state index contributed by atoms with van der Waals surface area (Å²) in [4.78, 5) is 23.4. The van der Waals surface area contributed by atoms with E-state index in [1.807, 2.05) is 31.2 Å². The highest BCUT2D eigenvalue weighted by Gasteiger charge is 2.42. The zero-order chi connectivity index (χ0) is 13.9. The summed E-state index contributed by atoms with van der Waals surface area (Å²) in [6.07, 6.45) is 3.01. The minimum absolute atomic E-state index is 0.210. The number of carbonyl (C=O) groups is 2. The summed E-state index contributed by atoms with van der Waals surface area (Å²) in [6, 6.07) is 7.66. The molecule has 0 saturated heterocycles. The molecule has 2 N–H and O–H groups in total.